The molecule has 0 unspecified atom stereocenters. The molecule has 0 atom stereocenters. The average molecular weight is 328 g/mol. The van der Waals surface area contributed by atoms with E-state index in [9.17, 15) is 4.79 Å². The largest absolute Gasteiger partial charge is 0.497 e. The van der Waals surface area contributed by atoms with Crippen LogP contribution < -0.4 is 14.8 Å². The minimum absolute atomic E-state index is 0.0615. The molecule has 0 bridgehead atoms. The van der Waals surface area contributed by atoms with Crippen molar-refractivity contribution in [3.63, 3.8) is 0 Å². The molecule has 7 heteroatoms. The number of aromatic nitrogens is 2. The molecule has 3 rings (SSSR count). The number of nitrogens with one attached hydrogen (secondary N) is 1. The molecule has 7 nitrogen and oxygen atoms in total. The molecular formula is C17H20N4O3. The summed E-state index contributed by atoms with van der Waals surface area (Å²) in [5.74, 6) is 1.81. The lowest BCUT2D eigenvalue weighted by Crippen LogP contribution is -2.28. The van der Waals surface area contributed by atoms with E-state index in [0.717, 1.165) is 31.6 Å². The van der Waals surface area contributed by atoms with Crippen LogP contribution >= 0.6 is 0 Å². The van der Waals surface area contributed by atoms with Crippen molar-refractivity contribution in [3.05, 3.63) is 36.3 Å². The highest BCUT2D eigenvalue weighted by molar-refractivity contribution is 5.92. The highest BCUT2D eigenvalue weighted by atomic mass is 16.5. The number of hydrogen-bond donors (Lipinski definition) is 1. The van der Waals surface area contributed by atoms with Gasteiger partial charge in [-0.3, -0.25) is 4.79 Å². The van der Waals surface area contributed by atoms with Crippen molar-refractivity contribution in [2.24, 2.45) is 0 Å². The van der Waals surface area contributed by atoms with E-state index in [1.54, 1.807) is 26.5 Å². The maximum absolute atomic E-state index is 12.3. The van der Waals surface area contributed by atoms with Crippen LogP contribution in [0.4, 0.5) is 11.5 Å². The molecule has 1 fully saturated rings. The summed E-state index contributed by atoms with van der Waals surface area (Å²) in [6, 6.07) is 5.44. The monoisotopic (exact) mass is 328 g/mol. The zero-order valence-corrected chi connectivity index (χ0v) is 13.8. The fraction of sp³-hybridized carbons (Fsp3) is 0.353. The average Bonchev–Trinajstić information content (AvgIpc) is 3.16. The molecule has 1 amide bonds. The van der Waals surface area contributed by atoms with Gasteiger partial charge < -0.3 is 19.7 Å². The van der Waals surface area contributed by atoms with Crippen molar-refractivity contribution in [1.82, 2.24) is 14.9 Å². The zero-order chi connectivity index (χ0) is 16.9. The summed E-state index contributed by atoms with van der Waals surface area (Å²) in [7, 11) is 3.19. The van der Waals surface area contributed by atoms with Gasteiger partial charge in [-0.15, -0.1) is 0 Å². The smallest absolute Gasteiger partial charge is 0.274 e. The van der Waals surface area contributed by atoms with E-state index >= 15 is 0 Å². The van der Waals surface area contributed by atoms with E-state index in [1.165, 1.54) is 6.20 Å². The summed E-state index contributed by atoms with van der Waals surface area (Å²) in [4.78, 5) is 22.6. The first-order valence-electron chi connectivity index (χ1n) is 7.81. The van der Waals surface area contributed by atoms with Gasteiger partial charge in [0.05, 0.1) is 32.3 Å². The first-order chi connectivity index (χ1) is 11.7. The van der Waals surface area contributed by atoms with Gasteiger partial charge in [0.2, 0.25) is 0 Å². The fourth-order valence-corrected chi connectivity index (χ4v) is 2.63. The van der Waals surface area contributed by atoms with Gasteiger partial charge in [-0.1, -0.05) is 0 Å². The van der Waals surface area contributed by atoms with Gasteiger partial charge in [-0.2, -0.15) is 0 Å². The van der Waals surface area contributed by atoms with E-state index < -0.39 is 0 Å². The van der Waals surface area contributed by atoms with E-state index in [0.29, 0.717) is 23.0 Å². The Kier molecular flexibility index (Phi) is 4.79. The summed E-state index contributed by atoms with van der Waals surface area (Å²) < 4.78 is 10.5. The molecule has 2 heterocycles. The molecule has 1 aromatic heterocycles. The van der Waals surface area contributed by atoms with Crippen molar-refractivity contribution >= 4 is 17.4 Å². The van der Waals surface area contributed by atoms with Crippen molar-refractivity contribution < 1.29 is 14.3 Å². The Labute approximate surface area is 140 Å². The molecule has 1 aliphatic rings. The molecule has 126 valence electrons. The molecular weight excluding hydrogens is 308 g/mol. The van der Waals surface area contributed by atoms with Crippen LogP contribution in [0.15, 0.2) is 30.6 Å². The molecule has 0 saturated carbocycles. The maximum Gasteiger partial charge on any atom is 0.274 e. The molecule has 1 N–H and O–H groups in total. The van der Waals surface area contributed by atoms with Crippen LogP contribution in [-0.2, 0) is 0 Å². The van der Waals surface area contributed by atoms with Gasteiger partial charge in [0.1, 0.15) is 23.0 Å². The highest BCUT2D eigenvalue weighted by Gasteiger charge is 2.20. The predicted molar refractivity (Wildman–Crippen MR) is 90.0 cm³/mol. The van der Waals surface area contributed by atoms with Crippen LogP contribution in [-0.4, -0.2) is 48.1 Å². The molecule has 0 radical (unpaired) electrons. The Morgan fingerprint density at radius 1 is 1.12 bits per heavy atom. The molecule has 2 aromatic rings. The molecule has 1 saturated heterocycles. The number of amides is 1. The lowest BCUT2D eigenvalue weighted by molar-refractivity contribution is 0.0786. The van der Waals surface area contributed by atoms with Crippen molar-refractivity contribution in [1.29, 1.82) is 0 Å². The molecule has 0 spiro atoms. The second-order valence-corrected chi connectivity index (χ2v) is 5.48. The fourth-order valence-electron chi connectivity index (χ4n) is 2.63. The van der Waals surface area contributed by atoms with Crippen LogP contribution in [0.25, 0.3) is 0 Å². The van der Waals surface area contributed by atoms with Crippen LogP contribution in [0.1, 0.15) is 23.3 Å². The zero-order valence-electron chi connectivity index (χ0n) is 13.8. The third-order valence-electron chi connectivity index (χ3n) is 3.94. The normalized spacial score (nSPS) is 13.7. The first-order valence-corrected chi connectivity index (χ1v) is 7.81. The van der Waals surface area contributed by atoms with Crippen molar-refractivity contribution in [2.75, 3.05) is 32.6 Å². The number of methoxy groups -OCH3 is 2. The van der Waals surface area contributed by atoms with Gasteiger partial charge in [-0.05, 0) is 25.0 Å². The SMILES string of the molecule is COc1ccc(Nc2cnc(C(=O)N3CCCC3)cn2)c(OC)c1. The van der Waals surface area contributed by atoms with Gasteiger partial charge >= 0.3 is 0 Å². The van der Waals surface area contributed by atoms with Gasteiger partial charge in [-0.25, -0.2) is 9.97 Å². The van der Waals surface area contributed by atoms with Gasteiger partial charge in [0.15, 0.2) is 0 Å². The van der Waals surface area contributed by atoms with Crippen LogP contribution in [0.3, 0.4) is 0 Å². The second-order valence-electron chi connectivity index (χ2n) is 5.48. The minimum atomic E-state index is -0.0615. The number of benzene rings is 1. The Morgan fingerprint density at radius 2 is 1.92 bits per heavy atom. The molecule has 1 aliphatic heterocycles. The van der Waals surface area contributed by atoms with Crippen LogP contribution in [0.2, 0.25) is 0 Å². The summed E-state index contributed by atoms with van der Waals surface area (Å²) in [5, 5.41) is 3.13. The van der Waals surface area contributed by atoms with Crippen molar-refractivity contribution in [2.45, 2.75) is 12.8 Å². The van der Waals surface area contributed by atoms with E-state index in [-0.39, 0.29) is 5.91 Å². The third-order valence-corrected chi connectivity index (χ3v) is 3.94. The predicted octanol–water partition coefficient (Wildman–Crippen LogP) is 2.47. The number of carbonyl (C=O) groups excluding carboxylic acids is 1. The lowest BCUT2D eigenvalue weighted by atomic mass is 10.2. The van der Waals surface area contributed by atoms with E-state index in [2.05, 4.69) is 15.3 Å². The second kappa shape index (κ2) is 7.16. The van der Waals surface area contributed by atoms with E-state index in [1.807, 2.05) is 17.0 Å². The first kappa shape index (κ1) is 16.0. The van der Waals surface area contributed by atoms with Crippen LogP contribution in [0, 0.1) is 0 Å². The highest BCUT2D eigenvalue weighted by Crippen LogP contribution is 2.30. The number of hydrogen-bond acceptors (Lipinski definition) is 6. The molecule has 0 aliphatic carbocycles. The number of rotatable bonds is 5. The van der Waals surface area contributed by atoms with E-state index in [4.69, 9.17) is 9.47 Å². The summed E-state index contributed by atoms with van der Waals surface area (Å²) >= 11 is 0. The third kappa shape index (κ3) is 3.40. The Morgan fingerprint density at radius 3 is 2.54 bits per heavy atom. The van der Waals surface area contributed by atoms with Crippen molar-refractivity contribution in [3.8, 4) is 11.5 Å². The van der Waals surface area contributed by atoms with Gasteiger partial charge in [0.25, 0.3) is 5.91 Å². The molecule has 1 aromatic carbocycles. The summed E-state index contributed by atoms with van der Waals surface area (Å²) in [6.07, 6.45) is 5.15. The maximum atomic E-state index is 12.3. The number of nitrogens with zero attached hydrogens (tertiary/aromatic N) is 3. The van der Waals surface area contributed by atoms with Crippen LogP contribution in [0.5, 0.6) is 11.5 Å². The number of anilines is 2. The summed E-state index contributed by atoms with van der Waals surface area (Å²) in [5.41, 5.74) is 1.11. The minimum Gasteiger partial charge on any atom is -0.497 e. The number of likely N-dealkylation sites (tertiary alicyclic amines) is 1. The summed E-state index contributed by atoms with van der Waals surface area (Å²) in [6.45, 7) is 1.59. The number of carbonyl (C=O) groups is 1. The Balaban J connectivity index is 1.73. The lowest BCUT2D eigenvalue weighted by Gasteiger charge is -2.15. The Hall–Kier alpha value is -2.83. The molecule has 24 heavy (non-hydrogen) atoms. The number of ether oxygens (including phenoxy) is 2. The Bertz CT molecular complexity index is 712. The topological polar surface area (TPSA) is 76.6 Å². The standard InChI is InChI=1S/C17H20N4O3/c1-23-12-5-6-13(15(9-12)24-2)20-16-11-18-14(10-19-16)17(22)21-7-3-4-8-21/h5-6,9-11H,3-4,7-8H2,1-2H3,(H,19,20). The van der Waals surface area contributed by atoms with Gasteiger partial charge in [0, 0.05) is 19.2 Å². The quantitative estimate of drug-likeness (QED) is 0.908.